The van der Waals surface area contributed by atoms with Crippen molar-refractivity contribution in [1.82, 2.24) is 14.9 Å². The molecule has 0 radical (unpaired) electrons. The maximum Gasteiger partial charge on any atom is 0.252 e. The summed E-state index contributed by atoms with van der Waals surface area (Å²) in [5.41, 5.74) is 1.35. The van der Waals surface area contributed by atoms with E-state index in [0.29, 0.717) is 22.9 Å². The van der Waals surface area contributed by atoms with Gasteiger partial charge in [0, 0.05) is 30.6 Å². The Morgan fingerprint density at radius 1 is 0.935 bits per heavy atom. The van der Waals surface area contributed by atoms with E-state index in [2.05, 4.69) is 10.3 Å². The van der Waals surface area contributed by atoms with Crippen LogP contribution in [-0.4, -0.2) is 22.6 Å². The zero-order valence-electron chi connectivity index (χ0n) is 17.4. The molecule has 0 aliphatic heterocycles. The smallest absolute Gasteiger partial charge is 0.252 e. The average Bonchev–Trinajstić information content (AvgIpc) is 3.24. The molecular formula is C25H23N3O3. The van der Waals surface area contributed by atoms with Crippen molar-refractivity contribution in [3.8, 4) is 17.2 Å². The number of nitrogens with one attached hydrogen (secondary N) is 1. The number of aromatic nitrogens is 2. The minimum absolute atomic E-state index is 0.217. The number of carbonyl (C=O) groups excluding carboxylic acids is 1. The van der Waals surface area contributed by atoms with Crippen LogP contribution in [-0.2, 0) is 7.05 Å². The molecule has 0 fully saturated rings. The lowest BCUT2D eigenvalue weighted by Crippen LogP contribution is -2.31. The number of imidazole rings is 1. The highest BCUT2D eigenvalue weighted by Gasteiger charge is 2.24. The molecule has 4 rings (SSSR count). The van der Waals surface area contributed by atoms with Crippen LogP contribution in [0.3, 0.4) is 0 Å². The van der Waals surface area contributed by atoms with Gasteiger partial charge in [0.05, 0.1) is 7.11 Å². The van der Waals surface area contributed by atoms with E-state index in [-0.39, 0.29) is 5.91 Å². The molecule has 1 amide bonds. The van der Waals surface area contributed by atoms with Crippen molar-refractivity contribution in [3.05, 3.63) is 108 Å². The Labute approximate surface area is 181 Å². The van der Waals surface area contributed by atoms with E-state index in [9.17, 15) is 4.79 Å². The summed E-state index contributed by atoms with van der Waals surface area (Å²) in [5.74, 6) is 2.58. The van der Waals surface area contributed by atoms with Crippen LogP contribution in [0.25, 0.3) is 0 Å². The van der Waals surface area contributed by atoms with Gasteiger partial charge in [0.1, 0.15) is 29.1 Å². The highest BCUT2D eigenvalue weighted by molar-refractivity contribution is 5.94. The van der Waals surface area contributed by atoms with Crippen molar-refractivity contribution in [2.75, 3.05) is 7.11 Å². The van der Waals surface area contributed by atoms with Crippen molar-refractivity contribution in [1.29, 1.82) is 0 Å². The fourth-order valence-electron chi connectivity index (χ4n) is 3.36. The number of aryl methyl sites for hydroxylation is 1. The molecule has 156 valence electrons. The van der Waals surface area contributed by atoms with Gasteiger partial charge in [-0.1, -0.05) is 36.4 Å². The van der Waals surface area contributed by atoms with Crippen molar-refractivity contribution in [3.63, 3.8) is 0 Å². The summed E-state index contributed by atoms with van der Waals surface area (Å²) in [7, 11) is 3.51. The van der Waals surface area contributed by atoms with Gasteiger partial charge in [-0.3, -0.25) is 4.79 Å². The zero-order valence-corrected chi connectivity index (χ0v) is 17.4. The number of rotatable bonds is 7. The number of methoxy groups -OCH3 is 1. The number of ether oxygens (including phenoxy) is 2. The fourth-order valence-corrected chi connectivity index (χ4v) is 3.36. The lowest BCUT2D eigenvalue weighted by molar-refractivity contribution is 0.0941. The molecule has 1 unspecified atom stereocenters. The number of carbonyl (C=O) groups is 1. The van der Waals surface area contributed by atoms with Crippen LogP contribution in [0.15, 0.2) is 91.3 Å². The quantitative estimate of drug-likeness (QED) is 0.475. The van der Waals surface area contributed by atoms with E-state index in [4.69, 9.17) is 9.47 Å². The van der Waals surface area contributed by atoms with Crippen LogP contribution < -0.4 is 14.8 Å². The monoisotopic (exact) mass is 413 g/mol. The first-order chi connectivity index (χ1) is 15.2. The van der Waals surface area contributed by atoms with Gasteiger partial charge in [0.15, 0.2) is 0 Å². The summed E-state index contributed by atoms with van der Waals surface area (Å²) in [6.07, 6.45) is 3.55. The average molecular weight is 413 g/mol. The first kappa shape index (κ1) is 20.2. The van der Waals surface area contributed by atoms with Crippen molar-refractivity contribution in [2.45, 2.75) is 6.04 Å². The molecule has 1 heterocycles. The number of para-hydroxylation sites is 2. The van der Waals surface area contributed by atoms with Gasteiger partial charge in [0.2, 0.25) is 0 Å². The molecule has 0 aliphatic rings. The van der Waals surface area contributed by atoms with Gasteiger partial charge in [-0.05, 0) is 42.5 Å². The van der Waals surface area contributed by atoms with Gasteiger partial charge in [0.25, 0.3) is 5.91 Å². The van der Waals surface area contributed by atoms with Gasteiger partial charge in [-0.25, -0.2) is 4.98 Å². The van der Waals surface area contributed by atoms with Gasteiger partial charge < -0.3 is 19.4 Å². The number of benzene rings is 3. The topological polar surface area (TPSA) is 65.4 Å². The van der Waals surface area contributed by atoms with Gasteiger partial charge in [-0.15, -0.1) is 0 Å². The summed E-state index contributed by atoms with van der Waals surface area (Å²) in [6.45, 7) is 0. The lowest BCUT2D eigenvalue weighted by atomic mass is 10.0. The van der Waals surface area contributed by atoms with E-state index in [1.165, 1.54) is 0 Å². The standard InChI is InChI=1S/C25H23N3O3/c1-28-17-16-26-24(28)23(21-10-6-7-11-22(21)30-2)27-25(29)18-12-14-20(15-13-18)31-19-8-4-3-5-9-19/h3-17,23H,1-2H3,(H,27,29). The first-order valence-electron chi connectivity index (χ1n) is 9.89. The lowest BCUT2D eigenvalue weighted by Gasteiger charge is -2.21. The molecule has 1 N–H and O–H groups in total. The third kappa shape index (κ3) is 4.59. The Morgan fingerprint density at radius 2 is 1.61 bits per heavy atom. The van der Waals surface area contributed by atoms with Crippen LogP contribution in [0.2, 0.25) is 0 Å². The summed E-state index contributed by atoms with van der Waals surface area (Å²) in [5, 5.41) is 3.09. The molecule has 0 bridgehead atoms. The molecule has 1 atom stereocenters. The minimum atomic E-state index is -0.469. The van der Waals surface area contributed by atoms with E-state index in [1.807, 2.05) is 72.4 Å². The molecule has 3 aromatic carbocycles. The van der Waals surface area contributed by atoms with Crippen LogP contribution in [0, 0.1) is 0 Å². The highest BCUT2D eigenvalue weighted by atomic mass is 16.5. The molecule has 6 heteroatoms. The van der Waals surface area contributed by atoms with Gasteiger partial charge in [-0.2, -0.15) is 0 Å². The molecule has 0 spiro atoms. The molecule has 4 aromatic rings. The highest BCUT2D eigenvalue weighted by Crippen LogP contribution is 2.29. The van der Waals surface area contributed by atoms with Crippen LogP contribution >= 0.6 is 0 Å². The first-order valence-corrected chi connectivity index (χ1v) is 9.89. The summed E-state index contributed by atoms with van der Waals surface area (Å²) < 4.78 is 13.2. The number of hydrogen-bond donors (Lipinski definition) is 1. The Bertz CT molecular complexity index is 1150. The largest absolute Gasteiger partial charge is 0.496 e. The maximum atomic E-state index is 13.1. The van der Waals surface area contributed by atoms with E-state index in [1.54, 1.807) is 37.6 Å². The maximum absolute atomic E-state index is 13.1. The Kier molecular flexibility index (Phi) is 5.98. The molecule has 0 saturated carbocycles. The molecule has 6 nitrogen and oxygen atoms in total. The third-order valence-corrected chi connectivity index (χ3v) is 4.94. The summed E-state index contributed by atoms with van der Waals surface area (Å²) >= 11 is 0. The van der Waals surface area contributed by atoms with Crippen molar-refractivity contribution >= 4 is 5.91 Å². The van der Waals surface area contributed by atoms with Crippen LogP contribution in [0.1, 0.15) is 27.8 Å². The molecule has 31 heavy (non-hydrogen) atoms. The third-order valence-electron chi connectivity index (χ3n) is 4.94. The minimum Gasteiger partial charge on any atom is -0.496 e. The summed E-state index contributed by atoms with van der Waals surface area (Å²) in [6, 6.07) is 23.7. The molecular weight excluding hydrogens is 390 g/mol. The van der Waals surface area contributed by atoms with E-state index < -0.39 is 6.04 Å². The molecule has 1 aromatic heterocycles. The Morgan fingerprint density at radius 3 is 2.29 bits per heavy atom. The fraction of sp³-hybridized carbons (Fsp3) is 0.120. The second-order valence-corrected chi connectivity index (χ2v) is 6.98. The number of nitrogens with zero attached hydrogens (tertiary/aromatic N) is 2. The summed E-state index contributed by atoms with van der Waals surface area (Å²) in [4.78, 5) is 17.5. The number of hydrogen-bond acceptors (Lipinski definition) is 4. The normalized spacial score (nSPS) is 11.5. The van der Waals surface area contributed by atoms with Crippen molar-refractivity contribution < 1.29 is 14.3 Å². The second-order valence-electron chi connectivity index (χ2n) is 6.98. The van der Waals surface area contributed by atoms with Crippen molar-refractivity contribution in [2.24, 2.45) is 7.05 Å². The Hall–Kier alpha value is -4.06. The van der Waals surface area contributed by atoms with E-state index in [0.717, 1.165) is 11.3 Å². The van der Waals surface area contributed by atoms with E-state index >= 15 is 0 Å². The Balaban J connectivity index is 1.57. The predicted octanol–water partition coefficient (Wildman–Crippen LogP) is 4.74. The molecule has 0 saturated heterocycles. The van der Waals surface area contributed by atoms with Crippen LogP contribution in [0.4, 0.5) is 0 Å². The SMILES string of the molecule is COc1ccccc1C(NC(=O)c1ccc(Oc2ccccc2)cc1)c1nccn1C. The van der Waals surface area contributed by atoms with Crippen LogP contribution in [0.5, 0.6) is 17.2 Å². The molecule has 0 aliphatic carbocycles. The number of amides is 1. The second kappa shape index (κ2) is 9.17. The zero-order chi connectivity index (χ0) is 21.6. The van der Waals surface area contributed by atoms with Gasteiger partial charge >= 0.3 is 0 Å². The predicted molar refractivity (Wildman–Crippen MR) is 118 cm³/mol.